The van der Waals surface area contributed by atoms with E-state index in [0.717, 1.165) is 27.8 Å². The summed E-state index contributed by atoms with van der Waals surface area (Å²) in [5, 5.41) is 9.42. The number of benzene rings is 2. The van der Waals surface area contributed by atoms with Crippen LogP contribution in [-0.2, 0) is 6.54 Å². The maximum Gasteiger partial charge on any atom is 0.134 e. The van der Waals surface area contributed by atoms with Crippen LogP contribution in [0, 0.1) is 0 Å². The van der Waals surface area contributed by atoms with Crippen molar-refractivity contribution in [2.75, 3.05) is 0 Å². The van der Waals surface area contributed by atoms with Crippen LogP contribution >= 0.6 is 0 Å². The van der Waals surface area contributed by atoms with Gasteiger partial charge in [0, 0.05) is 5.39 Å². The van der Waals surface area contributed by atoms with Crippen molar-refractivity contribution in [1.29, 1.82) is 0 Å². The van der Waals surface area contributed by atoms with Crippen LogP contribution in [0.1, 0.15) is 5.76 Å². The quantitative estimate of drug-likeness (QED) is 0.548. The van der Waals surface area contributed by atoms with Crippen LogP contribution < -0.4 is 0 Å². The Morgan fingerprint density at radius 2 is 1.84 bits per heavy atom. The molecule has 2 aromatic heterocycles. The molecule has 2 heterocycles. The van der Waals surface area contributed by atoms with Gasteiger partial charge in [0.25, 0.3) is 0 Å². The van der Waals surface area contributed by atoms with Gasteiger partial charge in [0.15, 0.2) is 0 Å². The molecule has 0 fully saturated rings. The highest BCUT2D eigenvalue weighted by molar-refractivity contribution is 5.78. The summed E-state index contributed by atoms with van der Waals surface area (Å²) in [5.74, 6) is 0.886. The standard InChI is InChI=1S/C15H11N3O/c1-4-8-15-11(5-1)9-12(19-15)10-18-14-7-3-2-6-13(14)16-17-18/h1-9H,10H2. The molecular formula is C15H11N3O. The summed E-state index contributed by atoms with van der Waals surface area (Å²) >= 11 is 0. The molecule has 19 heavy (non-hydrogen) atoms. The van der Waals surface area contributed by atoms with Crippen LogP contribution in [0.3, 0.4) is 0 Å². The molecule has 0 radical (unpaired) electrons. The van der Waals surface area contributed by atoms with Crippen molar-refractivity contribution in [3.8, 4) is 0 Å². The molecule has 92 valence electrons. The van der Waals surface area contributed by atoms with E-state index in [0.29, 0.717) is 6.54 Å². The SMILES string of the molecule is c1ccc2oc(Cn3nnc4ccccc43)cc2c1. The van der Waals surface area contributed by atoms with Gasteiger partial charge in [-0.3, -0.25) is 0 Å². The Kier molecular flexibility index (Phi) is 2.14. The summed E-state index contributed by atoms with van der Waals surface area (Å²) in [6, 6.07) is 18.0. The number of hydrogen-bond acceptors (Lipinski definition) is 3. The van der Waals surface area contributed by atoms with Gasteiger partial charge < -0.3 is 4.42 Å². The average molecular weight is 249 g/mol. The van der Waals surface area contributed by atoms with Gasteiger partial charge in [-0.2, -0.15) is 0 Å². The molecule has 4 heteroatoms. The van der Waals surface area contributed by atoms with Gasteiger partial charge in [-0.15, -0.1) is 5.10 Å². The van der Waals surface area contributed by atoms with Crippen molar-refractivity contribution in [3.05, 3.63) is 60.4 Å². The second kappa shape index (κ2) is 3.95. The molecule has 2 aromatic carbocycles. The van der Waals surface area contributed by atoms with Gasteiger partial charge >= 0.3 is 0 Å². The molecule has 0 saturated heterocycles. The lowest BCUT2D eigenvalue weighted by atomic mass is 10.2. The fraction of sp³-hybridized carbons (Fsp3) is 0.0667. The van der Waals surface area contributed by atoms with Crippen LogP contribution in [0.2, 0.25) is 0 Å². The van der Waals surface area contributed by atoms with E-state index in [1.54, 1.807) is 0 Å². The number of furan rings is 1. The second-order valence-electron chi connectivity index (χ2n) is 4.49. The predicted molar refractivity (Wildman–Crippen MR) is 72.8 cm³/mol. The molecule has 0 aliphatic carbocycles. The molecular weight excluding hydrogens is 238 g/mol. The first-order valence-electron chi connectivity index (χ1n) is 6.16. The molecule has 0 aliphatic rings. The van der Waals surface area contributed by atoms with E-state index in [-0.39, 0.29) is 0 Å². The summed E-state index contributed by atoms with van der Waals surface area (Å²) < 4.78 is 7.66. The van der Waals surface area contributed by atoms with E-state index in [9.17, 15) is 0 Å². The van der Waals surface area contributed by atoms with Gasteiger partial charge in [-0.25, -0.2) is 4.68 Å². The van der Waals surface area contributed by atoms with Crippen molar-refractivity contribution < 1.29 is 4.42 Å². The van der Waals surface area contributed by atoms with Gasteiger partial charge in [-0.1, -0.05) is 35.5 Å². The lowest BCUT2D eigenvalue weighted by Crippen LogP contribution is -2.00. The van der Waals surface area contributed by atoms with Gasteiger partial charge in [0.1, 0.15) is 23.4 Å². The summed E-state index contributed by atoms with van der Waals surface area (Å²) in [4.78, 5) is 0. The number of fused-ring (bicyclic) bond motifs is 2. The fourth-order valence-electron chi connectivity index (χ4n) is 2.30. The Bertz CT molecular complexity index is 827. The summed E-state index contributed by atoms with van der Waals surface area (Å²) in [6.07, 6.45) is 0. The molecule has 0 saturated carbocycles. The van der Waals surface area contributed by atoms with Crippen molar-refractivity contribution >= 4 is 22.0 Å². The van der Waals surface area contributed by atoms with Crippen molar-refractivity contribution in [3.63, 3.8) is 0 Å². The topological polar surface area (TPSA) is 43.9 Å². The molecule has 4 aromatic rings. The largest absolute Gasteiger partial charge is 0.459 e. The van der Waals surface area contributed by atoms with E-state index in [2.05, 4.69) is 10.3 Å². The molecule has 4 rings (SSSR count). The lowest BCUT2D eigenvalue weighted by molar-refractivity contribution is 0.509. The molecule has 0 atom stereocenters. The van der Waals surface area contributed by atoms with Crippen molar-refractivity contribution in [1.82, 2.24) is 15.0 Å². The highest BCUT2D eigenvalue weighted by Crippen LogP contribution is 2.20. The van der Waals surface area contributed by atoms with E-state index < -0.39 is 0 Å². The number of hydrogen-bond donors (Lipinski definition) is 0. The van der Waals surface area contributed by atoms with Gasteiger partial charge in [0.2, 0.25) is 0 Å². The van der Waals surface area contributed by atoms with Crippen LogP contribution in [0.4, 0.5) is 0 Å². The first-order chi connectivity index (χ1) is 9.40. The minimum Gasteiger partial charge on any atom is -0.459 e. The monoisotopic (exact) mass is 249 g/mol. The summed E-state index contributed by atoms with van der Waals surface area (Å²) in [5.41, 5.74) is 2.82. The first kappa shape index (κ1) is 10.3. The third-order valence-electron chi connectivity index (χ3n) is 3.20. The molecule has 4 nitrogen and oxygen atoms in total. The van der Waals surface area contributed by atoms with E-state index in [4.69, 9.17) is 4.42 Å². The van der Waals surface area contributed by atoms with Gasteiger partial charge in [-0.05, 0) is 24.3 Å². The Morgan fingerprint density at radius 3 is 2.79 bits per heavy atom. The van der Waals surface area contributed by atoms with Crippen molar-refractivity contribution in [2.24, 2.45) is 0 Å². The molecule has 0 unspecified atom stereocenters. The van der Waals surface area contributed by atoms with Crippen molar-refractivity contribution in [2.45, 2.75) is 6.54 Å². The summed E-state index contributed by atoms with van der Waals surface area (Å²) in [7, 11) is 0. The smallest absolute Gasteiger partial charge is 0.134 e. The average Bonchev–Trinajstić information content (AvgIpc) is 3.03. The van der Waals surface area contributed by atoms with E-state index in [1.165, 1.54) is 0 Å². The number of para-hydroxylation sites is 2. The van der Waals surface area contributed by atoms with Crippen LogP contribution in [0.15, 0.2) is 59.0 Å². The normalized spacial score (nSPS) is 11.4. The number of nitrogens with zero attached hydrogens (tertiary/aromatic N) is 3. The van der Waals surface area contributed by atoms with Gasteiger partial charge in [0.05, 0.1) is 5.52 Å². The highest BCUT2D eigenvalue weighted by atomic mass is 16.3. The molecule has 0 N–H and O–H groups in total. The number of rotatable bonds is 2. The first-order valence-corrected chi connectivity index (χ1v) is 6.16. The zero-order valence-corrected chi connectivity index (χ0v) is 10.2. The second-order valence-corrected chi connectivity index (χ2v) is 4.49. The maximum absolute atomic E-state index is 5.80. The zero-order chi connectivity index (χ0) is 12.7. The third-order valence-corrected chi connectivity index (χ3v) is 3.20. The minimum atomic E-state index is 0.592. The maximum atomic E-state index is 5.80. The molecule has 0 bridgehead atoms. The lowest BCUT2D eigenvalue weighted by Gasteiger charge is -1.98. The Morgan fingerprint density at radius 1 is 1.00 bits per heavy atom. The molecule has 0 spiro atoms. The summed E-state index contributed by atoms with van der Waals surface area (Å²) in [6.45, 7) is 0.592. The highest BCUT2D eigenvalue weighted by Gasteiger charge is 2.07. The predicted octanol–water partition coefficient (Wildman–Crippen LogP) is 3.23. The molecule has 0 aliphatic heterocycles. The number of aromatic nitrogens is 3. The Hall–Kier alpha value is -2.62. The third kappa shape index (κ3) is 1.69. The fourth-order valence-corrected chi connectivity index (χ4v) is 2.30. The van der Waals surface area contributed by atoms with E-state index >= 15 is 0 Å². The Balaban J connectivity index is 1.78. The minimum absolute atomic E-state index is 0.592. The van der Waals surface area contributed by atoms with Crippen LogP contribution in [-0.4, -0.2) is 15.0 Å². The van der Waals surface area contributed by atoms with Crippen LogP contribution in [0.5, 0.6) is 0 Å². The Labute approximate surface area is 109 Å². The van der Waals surface area contributed by atoms with Crippen LogP contribution in [0.25, 0.3) is 22.0 Å². The van der Waals surface area contributed by atoms with E-state index in [1.807, 2.05) is 59.3 Å². The zero-order valence-electron chi connectivity index (χ0n) is 10.2. The molecule has 0 amide bonds.